The Morgan fingerprint density at radius 3 is 2.55 bits per heavy atom. The summed E-state index contributed by atoms with van der Waals surface area (Å²) in [4.78, 5) is 21.5. The molecule has 7 heteroatoms. The van der Waals surface area contributed by atoms with E-state index in [1.54, 1.807) is 7.11 Å². The van der Waals surface area contributed by atoms with Crippen molar-refractivity contribution < 1.29 is 13.9 Å². The summed E-state index contributed by atoms with van der Waals surface area (Å²) in [6.45, 7) is 6.09. The minimum Gasteiger partial charge on any atom is -0.495 e. The van der Waals surface area contributed by atoms with Crippen LogP contribution in [0, 0.1) is 0 Å². The van der Waals surface area contributed by atoms with E-state index in [4.69, 9.17) is 9.15 Å². The molecule has 0 bridgehead atoms. The molecule has 2 aromatic carbocycles. The second-order valence-corrected chi connectivity index (χ2v) is 7.67. The number of ether oxygens (including phenoxy) is 1. The van der Waals surface area contributed by atoms with E-state index in [0.29, 0.717) is 18.1 Å². The first-order valence-corrected chi connectivity index (χ1v) is 10.5. The van der Waals surface area contributed by atoms with Crippen molar-refractivity contribution in [3.63, 3.8) is 0 Å². The molecule has 0 radical (unpaired) electrons. The highest BCUT2D eigenvalue weighted by Crippen LogP contribution is 2.28. The Morgan fingerprint density at radius 2 is 1.81 bits per heavy atom. The number of oxazole rings is 1. The molecule has 1 saturated heterocycles. The van der Waals surface area contributed by atoms with E-state index < -0.39 is 0 Å². The van der Waals surface area contributed by atoms with Gasteiger partial charge < -0.3 is 19.4 Å². The van der Waals surface area contributed by atoms with Crippen LogP contribution in [0.3, 0.4) is 0 Å². The van der Waals surface area contributed by atoms with E-state index in [1.807, 2.05) is 55.5 Å². The van der Waals surface area contributed by atoms with Crippen LogP contribution in [0.1, 0.15) is 34.9 Å². The molecule has 7 nitrogen and oxygen atoms in total. The first-order chi connectivity index (χ1) is 15.1. The molecule has 2 heterocycles. The molecule has 1 amide bonds. The zero-order chi connectivity index (χ0) is 21.6. The quantitative estimate of drug-likeness (QED) is 0.631. The number of piperazine rings is 1. The van der Waals surface area contributed by atoms with Crippen LogP contribution in [-0.4, -0.2) is 49.1 Å². The number of carbonyl (C=O) groups excluding carboxylic acids is 1. The second kappa shape index (κ2) is 9.66. The summed E-state index contributed by atoms with van der Waals surface area (Å²) >= 11 is 0. The third-order valence-electron chi connectivity index (χ3n) is 5.59. The third-order valence-corrected chi connectivity index (χ3v) is 5.59. The number of nitrogens with one attached hydrogen (secondary N) is 1. The summed E-state index contributed by atoms with van der Waals surface area (Å²) in [6.07, 6.45) is 1.44. The smallest absolute Gasteiger partial charge is 0.273 e. The lowest BCUT2D eigenvalue weighted by atomic mass is 10.1. The van der Waals surface area contributed by atoms with Crippen LogP contribution >= 0.6 is 0 Å². The van der Waals surface area contributed by atoms with Gasteiger partial charge in [-0.3, -0.25) is 9.69 Å². The summed E-state index contributed by atoms with van der Waals surface area (Å²) in [5.74, 6) is 1.22. The molecule has 31 heavy (non-hydrogen) atoms. The van der Waals surface area contributed by atoms with Crippen LogP contribution in [0.2, 0.25) is 0 Å². The van der Waals surface area contributed by atoms with E-state index in [9.17, 15) is 4.79 Å². The van der Waals surface area contributed by atoms with Gasteiger partial charge in [-0.1, -0.05) is 42.5 Å². The minimum atomic E-state index is -0.229. The number of nitrogens with zero attached hydrogens (tertiary/aromatic N) is 3. The van der Waals surface area contributed by atoms with Crippen molar-refractivity contribution in [2.45, 2.75) is 19.5 Å². The molecular formula is C24H28N4O3. The molecular weight excluding hydrogens is 392 g/mol. The SMILES string of the molecule is COc1ccccc1N1CCN(Cc2nc(C(=O)NC(C)c3ccccc3)co2)CC1. The normalized spacial score (nSPS) is 15.5. The molecule has 1 aliphatic heterocycles. The van der Waals surface area contributed by atoms with E-state index in [-0.39, 0.29) is 11.9 Å². The molecule has 0 saturated carbocycles. The van der Waals surface area contributed by atoms with Crippen LogP contribution in [0.15, 0.2) is 65.3 Å². The van der Waals surface area contributed by atoms with Gasteiger partial charge in [-0.2, -0.15) is 0 Å². The lowest BCUT2D eigenvalue weighted by Gasteiger charge is -2.36. The van der Waals surface area contributed by atoms with E-state index in [0.717, 1.165) is 43.2 Å². The number of amides is 1. The number of benzene rings is 2. The lowest BCUT2D eigenvalue weighted by molar-refractivity contribution is 0.0934. The molecule has 0 spiro atoms. The molecule has 162 valence electrons. The summed E-state index contributed by atoms with van der Waals surface area (Å²) in [5, 5.41) is 2.97. The van der Waals surface area contributed by atoms with Gasteiger partial charge in [0.15, 0.2) is 5.69 Å². The zero-order valence-corrected chi connectivity index (χ0v) is 18.0. The minimum absolute atomic E-state index is 0.100. The van der Waals surface area contributed by atoms with Crippen molar-refractivity contribution in [2.24, 2.45) is 0 Å². The summed E-state index contributed by atoms with van der Waals surface area (Å²) < 4.78 is 11.1. The van der Waals surface area contributed by atoms with Gasteiger partial charge in [-0.15, -0.1) is 0 Å². The van der Waals surface area contributed by atoms with Crippen LogP contribution < -0.4 is 15.0 Å². The highest BCUT2D eigenvalue weighted by Gasteiger charge is 2.22. The highest BCUT2D eigenvalue weighted by molar-refractivity contribution is 5.92. The molecule has 1 atom stereocenters. The number of carbonyl (C=O) groups is 1. The number of aromatic nitrogens is 1. The summed E-state index contributed by atoms with van der Waals surface area (Å²) in [5.41, 5.74) is 2.48. The fraction of sp³-hybridized carbons (Fsp3) is 0.333. The first kappa shape index (κ1) is 20.9. The molecule has 1 aromatic heterocycles. The van der Waals surface area contributed by atoms with Crippen LogP contribution in [0.25, 0.3) is 0 Å². The fourth-order valence-electron chi connectivity index (χ4n) is 3.81. The van der Waals surface area contributed by atoms with Crippen LogP contribution in [0.5, 0.6) is 5.75 Å². The number of anilines is 1. The number of methoxy groups -OCH3 is 1. The molecule has 3 aromatic rings. The Labute approximate surface area is 182 Å². The van der Waals surface area contributed by atoms with Gasteiger partial charge in [0, 0.05) is 26.2 Å². The van der Waals surface area contributed by atoms with E-state index >= 15 is 0 Å². The Kier molecular flexibility index (Phi) is 6.52. The Balaban J connectivity index is 1.30. The number of para-hydroxylation sites is 2. The van der Waals surface area contributed by atoms with Gasteiger partial charge in [0.25, 0.3) is 5.91 Å². The maximum atomic E-state index is 12.5. The summed E-state index contributed by atoms with van der Waals surface area (Å²) in [6, 6.07) is 17.8. The van der Waals surface area contributed by atoms with Crippen molar-refractivity contribution in [3.8, 4) is 5.75 Å². The topological polar surface area (TPSA) is 70.8 Å². The fourth-order valence-corrected chi connectivity index (χ4v) is 3.81. The number of rotatable bonds is 7. The molecule has 4 rings (SSSR count). The average molecular weight is 421 g/mol. The number of hydrogen-bond donors (Lipinski definition) is 1. The monoisotopic (exact) mass is 420 g/mol. The Bertz CT molecular complexity index is 997. The molecule has 1 fully saturated rings. The lowest BCUT2D eigenvalue weighted by Crippen LogP contribution is -2.46. The van der Waals surface area contributed by atoms with Gasteiger partial charge in [0.1, 0.15) is 12.0 Å². The van der Waals surface area contributed by atoms with Crippen molar-refractivity contribution in [1.29, 1.82) is 0 Å². The molecule has 0 aliphatic carbocycles. The van der Waals surface area contributed by atoms with E-state index in [1.165, 1.54) is 6.26 Å². The van der Waals surface area contributed by atoms with Crippen LogP contribution in [0.4, 0.5) is 5.69 Å². The predicted molar refractivity (Wildman–Crippen MR) is 119 cm³/mol. The van der Waals surface area contributed by atoms with Crippen molar-refractivity contribution in [2.75, 3.05) is 38.2 Å². The summed E-state index contributed by atoms with van der Waals surface area (Å²) in [7, 11) is 1.70. The van der Waals surface area contributed by atoms with Gasteiger partial charge in [0.2, 0.25) is 5.89 Å². The van der Waals surface area contributed by atoms with Gasteiger partial charge in [0.05, 0.1) is 25.4 Å². The van der Waals surface area contributed by atoms with Crippen molar-refractivity contribution in [1.82, 2.24) is 15.2 Å². The van der Waals surface area contributed by atoms with Crippen LogP contribution in [-0.2, 0) is 6.54 Å². The molecule has 1 N–H and O–H groups in total. The van der Waals surface area contributed by atoms with Gasteiger partial charge >= 0.3 is 0 Å². The average Bonchev–Trinajstić information content (AvgIpc) is 3.29. The maximum absolute atomic E-state index is 12.5. The Hall–Kier alpha value is -3.32. The van der Waals surface area contributed by atoms with Gasteiger partial charge in [-0.05, 0) is 24.6 Å². The highest BCUT2D eigenvalue weighted by atomic mass is 16.5. The largest absolute Gasteiger partial charge is 0.495 e. The van der Waals surface area contributed by atoms with Gasteiger partial charge in [-0.25, -0.2) is 4.98 Å². The van der Waals surface area contributed by atoms with Crippen molar-refractivity contribution in [3.05, 3.63) is 78.0 Å². The third kappa shape index (κ3) is 5.06. The predicted octanol–water partition coefficient (Wildman–Crippen LogP) is 3.50. The molecule has 1 unspecified atom stereocenters. The second-order valence-electron chi connectivity index (χ2n) is 7.67. The standard InChI is InChI=1S/C24H28N4O3/c1-18(19-8-4-3-5-9-19)25-24(29)20-17-31-23(26-20)16-27-12-14-28(15-13-27)21-10-6-7-11-22(21)30-2/h3-11,17-18H,12-16H2,1-2H3,(H,25,29). The zero-order valence-electron chi connectivity index (χ0n) is 18.0. The van der Waals surface area contributed by atoms with E-state index in [2.05, 4.69) is 26.2 Å². The van der Waals surface area contributed by atoms with Crippen molar-refractivity contribution >= 4 is 11.6 Å². The first-order valence-electron chi connectivity index (χ1n) is 10.5. The Morgan fingerprint density at radius 1 is 1.10 bits per heavy atom. The maximum Gasteiger partial charge on any atom is 0.273 e. The molecule has 1 aliphatic rings. The number of hydrogen-bond acceptors (Lipinski definition) is 6.